The molecule has 5 nitrogen and oxygen atoms in total. The fourth-order valence-electron chi connectivity index (χ4n) is 2.07. The number of hydrogen-bond acceptors (Lipinski definition) is 3. The van der Waals surface area contributed by atoms with Crippen LogP contribution in [-0.4, -0.2) is 25.4 Å². The second-order valence-electron chi connectivity index (χ2n) is 4.33. The molecule has 3 rings (SSSR count). The smallest absolute Gasteiger partial charge is 0.160 e. The average molecular weight is 217 g/mol. The van der Waals surface area contributed by atoms with Crippen LogP contribution in [0.4, 0.5) is 5.82 Å². The van der Waals surface area contributed by atoms with E-state index in [0.29, 0.717) is 6.04 Å². The zero-order valence-corrected chi connectivity index (χ0v) is 9.51. The number of aryl methyl sites for hydroxylation is 2. The van der Waals surface area contributed by atoms with Crippen LogP contribution in [0.25, 0.3) is 11.5 Å². The van der Waals surface area contributed by atoms with E-state index in [4.69, 9.17) is 0 Å². The summed E-state index contributed by atoms with van der Waals surface area (Å²) in [5, 5.41) is 7.98. The van der Waals surface area contributed by atoms with Crippen LogP contribution in [0.15, 0.2) is 18.5 Å². The summed E-state index contributed by atoms with van der Waals surface area (Å²) in [6.07, 6.45) is 4.85. The van der Waals surface area contributed by atoms with Crippen LogP contribution in [0, 0.1) is 0 Å². The topological polar surface area (TPSA) is 47.7 Å². The third kappa shape index (κ3) is 1.39. The minimum atomic E-state index is 0.526. The predicted octanol–water partition coefficient (Wildman–Crippen LogP) is 1.49. The van der Waals surface area contributed by atoms with Gasteiger partial charge in [0.25, 0.3) is 0 Å². The molecule has 0 saturated heterocycles. The van der Waals surface area contributed by atoms with Gasteiger partial charge in [-0.3, -0.25) is 0 Å². The minimum Gasteiger partial charge on any atom is -0.368 e. The number of anilines is 1. The summed E-state index contributed by atoms with van der Waals surface area (Å²) in [5.74, 6) is 2.01. The van der Waals surface area contributed by atoms with Crippen LogP contribution in [-0.2, 0) is 13.6 Å². The molecule has 1 N–H and O–H groups in total. The van der Waals surface area contributed by atoms with E-state index in [2.05, 4.69) is 28.4 Å². The van der Waals surface area contributed by atoms with Crippen LogP contribution < -0.4 is 5.32 Å². The third-order valence-corrected chi connectivity index (χ3v) is 3.00. The lowest BCUT2D eigenvalue weighted by molar-refractivity contribution is 0.513. The molecule has 84 valence electrons. The van der Waals surface area contributed by atoms with Gasteiger partial charge in [-0.2, -0.15) is 5.10 Å². The molecule has 0 spiro atoms. The Morgan fingerprint density at radius 1 is 1.50 bits per heavy atom. The highest BCUT2D eigenvalue weighted by atomic mass is 15.4. The van der Waals surface area contributed by atoms with Gasteiger partial charge >= 0.3 is 0 Å². The van der Waals surface area contributed by atoms with E-state index in [1.165, 1.54) is 0 Å². The maximum atomic E-state index is 4.56. The molecule has 0 fully saturated rings. The number of imidazole rings is 1. The van der Waals surface area contributed by atoms with Crippen molar-refractivity contribution in [1.82, 2.24) is 19.3 Å². The van der Waals surface area contributed by atoms with Gasteiger partial charge in [-0.1, -0.05) is 0 Å². The Morgan fingerprint density at radius 3 is 3.12 bits per heavy atom. The van der Waals surface area contributed by atoms with E-state index in [1.807, 2.05) is 22.5 Å². The first-order valence-electron chi connectivity index (χ1n) is 5.56. The molecule has 0 saturated carbocycles. The summed E-state index contributed by atoms with van der Waals surface area (Å²) < 4.78 is 4.00. The Morgan fingerprint density at radius 2 is 2.38 bits per heavy atom. The van der Waals surface area contributed by atoms with Crippen LogP contribution in [0.5, 0.6) is 0 Å². The first kappa shape index (κ1) is 9.45. The zero-order chi connectivity index (χ0) is 11.1. The Balaban J connectivity index is 2.02. The molecule has 3 heterocycles. The SMILES string of the molecule is CC1CCn2nc(-c3nccn3C)cc2N1. The third-order valence-electron chi connectivity index (χ3n) is 3.00. The Labute approximate surface area is 94.1 Å². The van der Waals surface area contributed by atoms with Gasteiger partial charge in [0.15, 0.2) is 5.82 Å². The molecule has 1 aliphatic rings. The molecule has 0 bridgehead atoms. The predicted molar refractivity (Wildman–Crippen MR) is 62.1 cm³/mol. The first-order chi connectivity index (χ1) is 7.74. The maximum absolute atomic E-state index is 4.56. The fraction of sp³-hybridized carbons (Fsp3) is 0.455. The zero-order valence-electron chi connectivity index (χ0n) is 9.51. The van der Waals surface area contributed by atoms with Crippen molar-refractivity contribution in [3.05, 3.63) is 18.5 Å². The van der Waals surface area contributed by atoms with Crippen LogP contribution in [0.3, 0.4) is 0 Å². The van der Waals surface area contributed by atoms with Crippen molar-refractivity contribution in [2.75, 3.05) is 5.32 Å². The highest BCUT2D eigenvalue weighted by molar-refractivity contribution is 5.57. The van der Waals surface area contributed by atoms with Gasteiger partial charge in [-0.05, 0) is 13.3 Å². The summed E-state index contributed by atoms with van der Waals surface area (Å²) in [4.78, 5) is 4.31. The molecular formula is C11H15N5. The lowest BCUT2D eigenvalue weighted by Gasteiger charge is -2.21. The molecule has 2 aromatic rings. The maximum Gasteiger partial charge on any atom is 0.160 e. The number of nitrogens with zero attached hydrogens (tertiary/aromatic N) is 4. The number of nitrogens with one attached hydrogen (secondary N) is 1. The lowest BCUT2D eigenvalue weighted by atomic mass is 10.2. The van der Waals surface area contributed by atoms with E-state index in [0.717, 1.165) is 30.3 Å². The molecule has 5 heteroatoms. The van der Waals surface area contributed by atoms with E-state index in [-0.39, 0.29) is 0 Å². The molecule has 0 radical (unpaired) electrons. The normalized spacial score (nSPS) is 19.2. The lowest BCUT2D eigenvalue weighted by Crippen LogP contribution is -2.25. The molecule has 1 atom stereocenters. The Bertz CT molecular complexity index is 510. The number of fused-ring (bicyclic) bond motifs is 1. The highest BCUT2D eigenvalue weighted by Crippen LogP contribution is 2.24. The van der Waals surface area contributed by atoms with Gasteiger partial charge in [-0.25, -0.2) is 9.67 Å². The van der Waals surface area contributed by atoms with Crippen LogP contribution in [0.2, 0.25) is 0 Å². The van der Waals surface area contributed by atoms with Gasteiger partial charge in [0.05, 0.1) is 0 Å². The van der Waals surface area contributed by atoms with Gasteiger partial charge in [-0.15, -0.1) is 0 Å². The van der Waals surface area contributed by atoms with Gasteiger partial charge in [0, 0.05) is 38.1 Å². The number of rotatable bonds is 1. The van der Waals surface area contributed by atoms with Crippen molar-refractivity contribution < 1.29 is 0 Å². The molecule has 1 unspecified atom stereocenters. The largest absolute Gasteiger partial charge is 0.368 e. The number of hydrogen-bond donors (Lipinski definition) is 1. The minimum absolute atomic E-state index is 0.526. The van der Waals surface area contributed by atoms with E-state index in [9.17, 15) is 0 Å². The van der Waals surface area contributed by atoms with Crippen LogP contribution in [0.1, 0.15) is 13.3 Å². The summed E-state index contributed by atoms with van der Waals surface area (Å²) in [6.45, 7) is 3.17. The molecule has 0 aliphatic carbocycles. The van der Waals surface area contributed by atoms with Gasteiger partial charge in [0.1, 0.15) is 11.5 Å². The first-order valence-corrected chi connectivity index (χ1v) is 5.56. The molecule has 2 aromatic heterocycles. The Hall–Kier alpha value is -1.78. The summed E-state index contributed by atoms with van der Waals surface area (Å²) in [6, 6.07) is 2.59. The molecule has 1 aliphatic heterocycles. The van der Waals surface area contributed by atoms with Crippen molar-refractivity contribution in [3.63, 3.8) is 0 Å². The summed E-state index contributed by atoms with van der Waals surface area (Å²) >= 11 is 0. The van der Waals surface area contributed by atoms with E-state index in [1.54, 1.807) is 6.20 Å². The molecule has 0 aromatic carbocycles. The van der Waals surface area contributed by atoms with Crippen molar-refractivity contribution in [2.45, 2.75) is 25.9 Å². The second kappa shape index (κ2) is 3.37. The molecule has 16 heavy (non-hydrogen) atoms. The second-order valence-corrected chi connectivity index (χ2v) is 4.33. The Kier molecular flexibility index (Phi) is 1.99. The molecule has 0 amide bonds. The van der Waals surface area contributed by atoms with Crippen molar-refractivity contribution in [3.8, 4) is 11.5 Å². The summed E-state index contributed by atoms with van der Waals surface area (Å²) in [5.41, 5.74) is 0.934. The summed E-state index contributed by atoms with van der Waals surface area (Å²) in [7, 11) is 1.98. The van der Waals surface area contributed by atoms with Crippen LogP contribution >= 0.6 is 0 Å². The quantitative estimate of drug-likeness (QED) is 0.787. The molecular weight excluding hydrogens is 202 g/mol. The van der Waals surface area contributed by atoms with Crippen molar-refractivity contribution in [1.29, 1.82) is 0 Å². The highest BCUT2D eigenvalue weighted by Gasteiger charge is 2.18. The van der Waals surface area contributed by atoms with E-state index >= 15 is 0 Å². The fourth-order valence-corrected chi connectivity index (χ4v) is 2.07. The van der Waals surface area contributed by atoms with Gasteiger partial charge in [0.2, 0.25) is 0 Å². The average Bonchev–Trinajstić information content (AvgIpc) is 2.82. The standard InChI is InChI=1S/C11H15N5/c1-8-3-5-16-10(13-8)7-9(14-16)11-12-4-6-15(11)2/h4,6-8,13H,3,5H2,1-2H3. The number of aromatic nitrogens is 4. The van der Waals surface area contributed by atoms with Gasteiger partial charge < -0.3 is 9.88 Å². The van der Waals surface area contributed by atoms with E-state index < -0.39 is 0 Å². The van der Waals surface area contributed by atoms with Crippen molar-refractivity contribution >= 4 is 5.82 Å². The van der Waals surface area contributed by atoms with Crippen molar-refractivity contribution in [2.24, 2.45) is 7.05 Å². The monoisotopic (exact) mass is 217 g/mol.